The number of carboxylic acid groups (broad SMARTS) is 1. The molecule has 2 aromatic carbocycles. The number of fused-ring (bicyclic) bond motifs is 1. The van der Waals surface area contributed by atoms with Crippen molar-refractivity contribution in [2.75, 3.05) is 13.7 Å². The predicted molar refractivity (Wildman–Crippen MR) is 84.2 cm³/mol. The molecule has 0 unspecified atom stereocenters. The highest BCUT2D eigenvalue weighted by Gasteiger charge is 2.19. The third-order valence-corrected chi connectivity index (χ3v) is 4.15. The van der Waals surface area contributed by atoms with E-state index >= 15 is 0 Å². The standard InChI is InChI=1S/C18H19NO3/c1-22-16-7-6-15(17(10-16)18(20)21)12-19-9-8-13-4-2-3-5-14(13)11-19/h2-7,10H,8-9,11-12H2,1H3,(H,20,21). The highest BCUT2D eigenvalue weighted by molar-refractivity contribution is 5.89. The Morgan fingerprint density at radius 2 is 2.00 bits per heavy atom. The van der Waals surface area contributed by atoms with Crippen molar-refractivity contribution in [2.24, 2.45) is 0 Å². The van der Waals surface area contributed by atoms with E-state index in [1.807, 2.05) is 12.1 Å². The van der Waals surface area contributed by atoms with Crippen LogP contribution in [0.25, 0.3) is 0 Å². The van der Waals surface area contributed by atoms with Gasteiger partial charge >= 0.3 is 5.97 Å². The van der Waals surface area contributed by atoms with Gasteiger partial charge in [-0.15, -0.1) is 0 Å². The van der Waals surface area contributed by atoms with Gasteiger partial charge in [-0.25, -0.2) is 4.79 Å². The second kappa shape index (κ2) is 6.20. The zero-order valence-electron chi connectivity index (χ0n) is 12.6. The van der Waals surface area contributed by atoms with E-state index in [1.54, 1.807) is 13.2 Å². The van der Waals surface area contributed by atoms with Crippen molar-refractivity contribution >= 4 is 5.97 Å². The maximum atomic E-state index is 11.5. The van der Waals surface area contributed by atoms with Gasteiger partial charge in [0, 0.05) is 19.6 Å². The predicted octanol–water partition coefficient (Wildman–Crippen LogP) is 2.95. The Balaban J connectivity index is 1.81. The largest absolute Gasteiger partial charge is 0.497 e. The molecule has 4 nitrogen and oxygen atoms in total. The zero-order chi connectivity index (χ0) is 15.5. The number of hydrogen-bond acceptors (Lipinski definition) is 3. The average Bonchev–Trinajstić information content (AvgIpc) is 2.55. The molecule has 1 aliphatic rings. The van der Waals surface area contributed by atoms with Gasteiger partial charge in [-0.2, -0.15) is 0 Å². The van der Waals surface area contributed by atoms with Crippen LogP contribution in [0.1, 0.15) is 27.0 Å². The summed E-state index contributed by atoms with van der Waals surface area (Å²) in [5, 5.41) is 9.40. The van der Waals surface area contributed by atoms with Crippen molar-refractivity contribution in [3.63, 3.8) is 0 Å². The molecule has 3 rings (SSSR count). The molecule has 0 aromatic heterocycles. The van der Waals surface area contributed by atoms with E-state index in [2.05, 4.69) is 29.2 Å². The van der Waals surface area contributed by atoms with Gasteiger partial charge in [0.25, 0.3) is 0 Å². The molecular formula is C18H19NO3. The SMILES string of the molecule is COc1ccc(CN2CCc3ccccc3C2)c(C(=O)O)c1. The van der Waals surface area contributed by atoms with Crippen molar-refractivity contribution in [1.82, 2.24) is 4.90 Å². The van der Waals surface area contributed by atoms with Crippen molar-refractivity contribution in [3.8, 4) is 5.75 Å². The van der Waals surface area contributed by atoms with E-state index in [0.717, 1.165) is 25.1 Å². The number of aromatic carboxylic acids is 1. The molecule has 1 aliphatic heterocycles. The number of rotatable bonds is 4. The number of carboxylic acids is 1. The Morgan fingerprint density at radius 3 is 2.73 bits per heavy atom. The van der Waals surface area contributed by atoms with E-state index in [9.17, 15) is 9.90 Å². The minimum Gasteiger partial charge on any atom is -0.497 e. The minimum atomic E-state index is -0.911. The fourth-order valence-electron chi connectivity index (χ4n) is 2.95. The zero-order valence-corrected chi connectivity index (χ0v) is 12.6. The van der Waals surface area contributed by atoms with Crippen molar-refractivity contribution in [3.05, 3.63) is 64.7 Å². The molecule has 0 spiro atoms. The van der Waals surface area contributed by atoms with Crippen LogP contribution >= 0.6 is 0 Å². The average molecular weight is 297 g/mol. The Morgan fingerprint density at radius 1 is 1.23 bits per heavy atom. The monoisotopic (exact) mass is 297 g/mol. The van der Waals surface area contributed by atoms with Gasteiger partial charge in [0.15, 0.2) is 0 Å². The molecule has 0 amide bonds. The lowest BCUT2D eigenvalue weighted by Crippen LogP contribution is -2.30. The van der Waals surface area contributed by atoms with Gasteiger partial charge in [-0.3, -0.25) is 4.90 Å². The summed E-state index contributed by atoms with van der Waals surface area (Å²) >= 11 is 0. The fourth-order valence-corrected chi connectivity index (χ4v) is 2.95. The van der Waals surface area contributed by atoms with Gasteiger partial charge in [-0.05, 0) is 35.2 Å². The molecule has 0 bridgehead atoms. The van der Waals surface area contributed by atoms with Gasteiger partial charge in [0.2, 0.25) is 0 Å². The lowest BCUT2D eigenvalue weighted by molar-refractivity contribution is 0.0693. The van der Waals surface area contributed by atoms with Crippen LogP contribution in [-0.2, 0) is 19.5 Å². The Hall–Kier alpha value is -2.33. The number of hydrogen-bond donors (Lipinski definition) is 1. The summed E-state index contributed by atoms with van der Waals surface area (Å²) in [5.41, 5.74) is 3.87. The molecule has 22 heavy (non-hydrogen) atoms. The summed E-state index contributed by atoms with van der Waals surface area (Å²) in [6.07, 6.45) is 1.01. The van der Waals surface area contributed by atoms with Crippen LogP contribution in [0.15, 0.2) is 42.5 Å². The summed E-state index contributed by atoms with van der Waals surface area (Å²) in [5.74, 6) is -0.337. The Labute approximate surface area is 130 Å². The first-order valence-electron chi connectivity index (χ1n) is 7.36. The molecule has 114 valence electrons. The third kappa shape index (κ3) is 2.97. The first-order valence-corrected chi connectivity index (χ1v) is 7.36. The lowest BCUT2D eigenvalue weighted by Gasteiger charge is -2.29. The Bertz CT molecular complexity index is 696. The van der Waals surface area contributed by atoms with Gasteiger partial charge in [-0.1, -0.05) is 30.3 Å². The molecule has 4 heteroatoms. The summed E-state index contributed by atoms with van der Waals surface area (Å²) in [6.45, 7) is 2.45. The second-order valence-corrected chi connectivity index (χ2v) is 5.56. The van der Waals surface area contributed by atoms with E-state index in [-0.39, 0.29) is 0 Å². The molecule has 1 N–H and O–H groups in total. The Kier molecular flexibility index (Phi) is 4.11. The molecule has 0 saturated heterocycles. The third-order valence-electron chi connectivity index (χ3n) is 4.15. The van der Waals surface area contributed by atoms with Crippen molar-refractivity contribution in [2.45, 2.75) is 19.5 Å². The molecule has 0 aliphatic carbocycles. The number of nitrogens with zero attached hydrogens (tertiary/aromatic N) is 1. The van der Waals surface area contributed by atoms with Crippen LogP contribution in [0.2, 0.25) is 0 Å². The molecule has 0 saturated carbocycles. The van der Waals surface area contributed by atoms with E-state index < -0.39 is 5.97 Å². The second-order valence-electron chi connectivity index (χ2n) is 5.56. The van der Waals surface area contributed by atoms with Crippen LogP contribution < -0.4 is 4.74 Å². The topological polar surface area (TPSA) is 49.8 Å². The van der Waals surface area contributed by atoms with Gasteiger partial charge < -0.3 is 9.84 Å². The molecular weight excluding hydrogens is 278 g/mol. The summed E-state index contributed by atoms with van der Waals surface area (Å²) in [6, 6.07) is 13.7. The van der Waals surface area contributed by atoms with Crippen LogP contribution in [0, 0.1) is 0 Å². The highest BCUT2D eigenvalue weighted by atomic mass is 16.5. The number of methoxy groups -OCH3 is 1. The molecule has 1 heterocycles. The van der Waals surface area contributed by atoms with Crippen LogP contribution in [0.5, 0.6) is 5.75 Å². The van der Waals surface area contributed by atoms with E-state index in [0.29, 0.717) is 17.9 Å². The van der Waals surface area contributed by atoms with E-state index in [4.69, 9.17) is 4.74 Å². The van der Waals surface area contributed by atoms with Gasteiger partial charge in [0.05, 0.1) is 12.7 Å². The number of ether oxygens (including phenoxy) is 1. The van der Waals surface area contributed by atoms with Crippen LogP contribution in [-0.4, -0.2) is 29.6 Å². The quantitative estimate of drug-likeness (QED) is 0.942. The normalized spacial score (nSPS) is 14.4. The lowest BCUT2D eigenvalue weighted by atomic mass is 9.98. The fraction of sp³-hybridized carbons (Fsp3) is 0.278. The molecule has 2 aromatic rings. The highest BCUT2D eigenvalue weighted by Crippen LogP contribution is 2.23. The smallest absolute Gasteiger partial charge is 0.336 e. The maximum absolute atomic E-state index is 11.5. The first-order chi connectivity index (χ1) is 10.7. The van der Waals surface area contributed by atoms with Crippen molar-refractivity contribution in [1.29, 1.82) is 0 Å². The van der Waals surface area contributed by atoms with Gasteiger partial charge in [0.1, 0.15) is 5.75 Å². The first kappa shape index (κ1) is 14.6. The maximum Gasteiger partial charge on any atom is 0.336 e. The number of benzene rings is 2. The number of carbonyl (C=O) groups is 1. The van der Waals surface area contributed by atoms with Crippen LogP contribution in [0.3, 0.4) is 0 Å². The van der Waals surface area contributed by atoms with Crippen LogP contribution in [0.4, 0.5) is 0 Å². The molecule has 0 fully saturated rings. The summed E-state index contributed by atoms with van der Waals surface area (Å²) in [4.78, 5) is 13.7. The molecule has 0 atom stereocenters. The summed E-state index contributed by atoms with van der Waals surface area (Å²) in [7, 11) is 1.54. The molecule has 0 radical (unpaired) electrons. The van der Waals surface area contributed by atoms with Crippen molar-refractivity contribution < 1.29 is 14.6 Å². The minimum absolute atomic E-state index is 0.318. The summed E-state index contributed by atoms with van der Waals surface area (Å²) < 4.78 is 5.12. The van der Waals surface area contributed by atoms with E-state index in [1.165, 1.54) is 11.1 Å².